The van der Waals surface area contributed by atoms with Gasteiger partial charge in [-0.2, -0.15) is 0 Å². The Morgan fingerprint density at radius 1 is 1.50 bits per heavy atom. The van der Waals surface area contributed by atoms with Gasteiger partial charge in [0.25, 0.3) is 5.91 Å². The average molecular weight is 272 g/mol. The second-order valence-electron chi connectivity index (χ2n) is 5.38. The minimum absolute atomic E-state index is 0.0769. The molecule has 1 heterocycles. The summed E-state index contributed by atoms with van der Waals surface area (Å²) in [5.41, 5.74) is 5.84. The first-order valence-corrected chi connectivity index (χ1v) is 6.83. The molecule has 1 amide bonds. The average Bonchev–Trinajstić information content (AvgIpc) is 2.43. The zero-order valence-corrected chi connectivity index (χ0v) is 11.7. The van der Waals surface area contributed by atoms with E-state index in [4.69, 9.17) is 5.73 Å². The van der Waals surface area contributed by atoms with E-state index in [0.717, 1.165) is 12.8 Å². The fraction of sp³-hybridized carbons (Fsp3) is 0.438. The third-order valence-corrected chi connectivity index (χ3v) is 3.44. The highest BCUT2D eigenvalue weighted by atomic mass is 16.3. The van der Waals surface area contributed by atoms with Gasteiger partial charge in [-0.25, -0.2) is 0 Å². The van der Waals surface area contributed by atoms with E-state index in [1.807, 2.05) is 18.2 Å². The molecule has 1 aliphatic rings. The van der Waals surface area contributed by atoms with Gasteiger partial charge in [-0.3, -0.25) is 4.79 Å². The van der Waals surface area contributed by atoms with Gasteiger partial charge < -0.3 is 15.7 Å². The highest BCUT2D eigenvalue weighted by molar-refractivity contribution is 5.96. The summed E-state index contributed by atoms with van der Waals surface area (Å²) in [4.78, 5) is 14.3. The van der Waals surface area contributed by atoms with Gasteiger partial charge in [-0.1, -0.05) is 24.0 Å². The maximum atomic E-state index is 12.6. The number of amides is 1. The molecule has 4 nitrogen and oxygen atoms in total. The van der Waals surface area contributed by atoms with Crippen molar-refractivity contribution in [2.45, 2.75) is 25.4 Å². The van der Waals surface area contributed by atoms with Crippen LogP contribution in [0, 0.1) is 11.8 Å². The normalized spacial score (nSPS) is 22.1. The largest absolute Gasteiger partial charge is 0.388 e. The second-order valence-corrected chi connectivity index (χ2v) is 5.38. The number of hydrogen-bond acceptors (Lipinski definition) is 3. The molecule has 1 aromatic rings. The number of rotatable bonds is 1. The summed E-state index contributed by atoms with van der Waals surface area (Å²) < 4.78 is 0. The molecule has 2 rings (SSSR count). The quantitative estimate of drug-likeness (QED) is 0.749. The molecule has 0 spiro atoms. The number of nitrogens with two attached hydrogens (primary N) is 1. The molecule has 1 unspecified atom stereocenters. The summed E-state index contributed by atoms with van der Waals surface area (Å²) >= 11 is 0. The van der Waals surface area contributed by atoms with Gasteiger partial charge in [0.2, 0.25) is 0 Å². The molecule has 4 heteroatoms. The van der Waals surface area contributed by atoms with Gasteiger partial charge in [0, 0.05) is 18.7 Å². The van der Waals surface area contributed by atoms with Crippen LogP contribution in [0.15, 0.2) is 24.3 Å². The molecule has 0 saturated carbocycles. The minimum atomic E-state index is -0.800. The zero-order chi connectivity index (χ0) is 14.6. The molecule has 0 radical (unpaired) electrons. The van der Waals surface area contributed by atoms with E-state index in [-0.39, 0.29) is 12.5 Å². The lowest BCUT2D eigenvalue weighted by molar-refractivity contribution is -0.0107. The van der Waals surface area contributed by atoms with Gasteiger partial charge in [-0.05, 0) is 31.9 Å². The number of likely N-dealkylation sites (tertiary alicyclic amines) is 1. The van der Waals surface area contributed by atoms with Crippen molar-refractivity contribution in [1.82, 2.24) is 4.90 Å². The van der Waals surface area contributed by atoms with Crippen LogP contribution in [0.25, 0.3) is 0 Å². The van der Waals surface area contributed by atoms with Crippen molar-refractivity contribution >= 4 is 5.91 Å². The van der Waals surface area contributed by atoms with Crippen molar-refractivity contribution in [3.8, 4) is 11.8 Å². The molecule has 0 aromatic heterocycles. The molecule has 1 aliphatic heterocycles. The van der Waals surface area contributed by atoms with E-state index < -0.39 is 5.60 Å². The second kappa shape index (κ2) is 6.08. The number of nitrogens with zero attached hydrogens (tertiary/aromatic N) is 1. The molecule has 0 bridgehead atoms. The third-order valence-electron chi connectivity index (χ3n) is 3.44. The third kappa shape index (κ3) is 3.38. The number of hydrogen-bond donors (Lipinski definition) is 2. The molecule has 0 aliphatic carbocycles. The zero-order valence-electron chi connectivity index (χ0n) is 11.7. The SMILES string of the molecule is CC1(O)CCCN(C(=O)c2ccccc2C#CCN)C1. The molecular weight excluding hydrogens is 252 g/mol. The predicted octanol–water partition coefficient (Wildman–Crippen LogP) is 0.984. The number of carbonyl (C=O) groups excluding carboxylic acids is 1. The standard InChI is InChI=1S/C16H20N2O2/c1-16(20)9-5-11-18(12-16)15(19)14-8-3-2-6-13(14)7-4-10-17/h2-3,6,8,20H,5,9-12,17H2,1H3. The van der Waals surface area contributed by atoms with E-state index in [1.54, 1.807) is 17.9 Å². The number of aliphatic hydroxyl groups is 1. The molecule has 1 saturated heterocycles. The Morgan fingerprint density at radius 2 is 2.25 bits per heavy atom. The molecule has 20 heavy (non-hydrogen) atoms. The van der Waals surface area contributed by atoms with Crippen LogP contribution in [-0.2, 0) is 0 Å². The maximum Gasteiger partial charge on any atom is 0.255 e. The molecule has 106 valence electrons. The number of piperidine rings is 1. The number of carbonyl (C=O) groups is 1. The first-order valence-electron chi connectivity index (χ1n) is 6.83. The first kappa shape index (κ1) is 14.6. The fourth-order valence-corrected chi connectivity index (χ4v) is 2.49. The number of benzene rings is 1. The molecule has 1 fully saturated rings. The smallest absolute Gasteiger partial charge is 0.255 e. The lowest BCUT2D eigenvalue weighted by Crippen LogP contribution is -2.48. The van der Waals surface area contributed by atoms with Crippen molar-refractivity contribution in [3.05, 3.63) is 35.4 Å². The van der Waals surface area contributed by atoms with Crippen molar-refractivity contribution < 1.29 is 9.90 Å². The lowest BCUT2D eigenvalue weighted by atomic mass is 9.94. The van der Waals surface area contributed by atoms with Gasteiger partial charge >= 0.3 is 0 Å². The van der Waals surface area contributed by atoms with Crippen LogP contribution in [0.4, 0.5) is 0 Å². The lowest BCUT2D eigenvalue weighted by Gasteiger charge is -2.37. The van der Waals surface area contributed by atoms with Crippen LogP contribution in [0.1, 0.15) is 35.7 Å². The van der Waals surface area contributed by atoms with Crippen molar-refractivity contribution in [3.63, 3.8) is 0 Å². The Balaban J connectivity index is 2.25. The van der Waals surface area contributed by atoms with Gasteiger partial charge in [0.1, 0.15) is 0 Å². The fourth-order valence-electron chi connectivity index (χ4n) is 2.49. The van der Waals surface area contributed by atoms with Crippen LogP contribution in [0.3, 0.4) is 0 Å². The monoisotopic (exact) mass is 272 g/mol. The van der Waals surface area contributed by atoms with Crippen molar-refractivity contribution in [2.24, 2.45) is 5.73 Å². The Labute approximate surface area is 119 Å². The van der Waals surface area contributed by atoms with Crippen LogP contribution >= 0.6 is 0 Å². The Bertz CT molecular complexity index is 555. The van der Waals surface area contributed by atoms with Crippen molar-refractivity contribution in [1.29, 1.82) is 0 Å². The molecule has 3 N–H and O–H groups in total. The highest BCUT2D eigenvalue weighted by Gasteiger charge is 2.31. The maximum absolute atomic E-state index is 12.6. The minimum Gasteiger partial charge on any atom is -0.388 e. The summed E-state index contributed by atoms with van der Waals surface area (Å²) in [5, 5.41) is 10.1. The Morgan fingerprint density at radius 3 is 2.95 bits per heavy atom. The summed E-state index contributed by atoms with van der Waals surface area (Å²) in [6.45, 7) is 3.08. The number of β-amino-alcohol motifs (C(OH)–C–C–N with tert-alkyl or cyclic N) is 1. The summed E-state index contributed by atoms with van der Waals surface area (Å²) in [5.74, 6) is 5.63. The first-order chi connectivity index (χ1) is 9.53. The van der Waals surface area contributed by atoms with E-state index in [0.29, 0.717) is 24.2 Å². The van der Waals surface area contributed by atoms with Crippen molar-refractivity contribution in [2.75, 3.05) is 19.6 Å². The summed E-state index contributed by atoms with van der Waals surface area (Å²) in [6, 6.07) is 7.26. The predicted molar refractivity (Wildman–Crippen MR) is 78.1 cm³/mol. The summed E-state index contributed by atoms with van der Waals surface area (Å²) in [7, 11) is 0. The van der Waals surface area contributed by atoms with Gasteiger partial charge in [0.05, 0.1) is 17.7 Å². The molecule has 1 aromatic carbocycles. The van der Waals surface area contributed by atoms with Gasteiger partial charge in [-0.15, -0.1) is 0 Å². The highest BCUT2D eigenvalue weighted by Crippen LogP contribution is 2.22. The van der Waals surface area contributed by atoms with E-state index in [9.17, 15) is 9.90 Å². The topological polar surface area (TPSA) is 66.6 Å². The molecule has 1 atom stereocenters. The summed E-state index contributed by atoms with van der Waals surface area (Å²) in [6.07, 6.45) is 1.54. The van der Waals surface area contributed by atoms with Crippen LogP contribution in [0.2, 0.25) is 0 Å². The van der Waals surface area contributed by atoms with E-state index >= 15 is 0 Å². The Hall–Kier alpha value is -1.83. The van der Waals surface area contributed by atoms with Gasteiger partial charge in [0.15, 0.2) is 0 Å². The van der Waals surface area contributed by atoms with Crippen LogP contribution in [-0.4, -0.2) is 41.1 Å². The Kier molecular flexibility index (Phi) is 4.43. The molecular formula is C16H20N2O2. The van der Waals surface area contributed by atoms with Crippen LogP contribution < -0.4 is 5.73 Å². The van der Waals surface area contributed by atoms with E-state index in [2.05, 4.69) is 11.8 Å². The van der Waals surface area contributed by atoms with E-state index in [1.165, 1.54) is 0 Å². The van der Waals surface area contributed by atoms with Crippen LogP contribution in [0.5, 0.6) is 0 Å².